The summed E-state index contributed by atoms with van der Waals surface area (Å²) in [6, 6.07) is 15.2. The van der Waals surface area contributed by atoms with Crippen molar-refractivity contribution in [1.82, 2.24) is 14.9 Å². The van der Waals surface area contributed by atoms with Crippen LogP contribution in [0.5, 0.6) is 5.75 Å². The first-order chi connectivity index (χ1) is 13.6. The van der Waals surface area contributed by atoms with E-state index in [2.05, 4.69) is 14.9 Å². The van der Waals surface area contributed by atoms with Gasteiger partial charge in [0.25, 0.3) is 0 Å². The van der Waals surface area contributed by atoms with E-state index < -0.39 is 0 Å². The molecule has 0 aliphatic carbocycles. The highest BCUT2D eigenvalue weighted by Gasteiger charge is 2.24. The van der Waals surface area contributed by atoms with E-state index in [9.17, 15) is 9.59 Å². The van der Waals surface area contributed by atoms with Crippen molar-refractivity contribution < 1.29 is 14.3 Å². The molecule has 1 aromatic heterocycles. The number of rotatable bonds is 5. The van der Waals surface area contributed by atoms with E-state index in [4.69, 9.17) is 4.74 Å². The van der Waals surface area contributed by atoms with Crippen molar-refractivity contribution in [3.8, 4) is 5.75 Å². The summed E-state index contributed by atoms with van der Waals surface area (Å²) in [7, 11) is 0. The van der Waals surface area contributed by atoms with Crippen LogP contribution in [-0.2, 0) is 16.1 Å². The lowest BCUT2D eigenvalue weighted by Crippen LogP contribution is -2.41. The second kappa shape index (κ2) is 7.72. The normalized spacial score (nSPS) is 13.8. The number of benzene rings is 2. The van der Waals surface area contributed by atoms with Crippen molar-refractivity contribution >= 4 is 28.5 Å². The third-order valence-electron chi connectivity index (χ3n) is 4.84. The molecule has 1 aliphatic heterocycles. The number of imidazole rings is 1. The fraction of sp³-hybridized carbons (Fsp3) is 0.286. The molecular weight excluding hydrogens is 356 g/mol. The maximum atomic E-state index is 12.5. The molecule has 0 atom stereocenters. The number of aryl methyl sites for hydroxylation is 1. The Morgan fingerprint density at radius 1 is 1.18 bits per heavy atom. The van der Waals surface area contributed by atoms with E-state index in [1.54, 1.807) is 6.07 Å². The summed E-state index contributed by atoms with van der Waals surface area (Å²) in [4.78, 5) is 30.9. The van der Waals surface area contributed by atoms with E-state index >= 15 is 0 Å². The molecule has 0 bridgehead atoms. The minimum absolute atomic E-state index is 0.0249. The Balaban J connectivity index is 1.40. The summed E-state index contributed by atoms with van der Waals surface area (Å²) in [5, 5.41) is 2.91. The molecule has 4 rings (SSSR count). The molecule has 0 saturated heterocycles. The van der Waals surface area contributed by atoms with Crippen molar-refractivity contribution in [2.45, 2.75) is 19.9 Å². The predicted octanol–water partition coefficient (Wildman–Crippen LogP) is 2.28. The Morgan fingerprint density at radius 3 is 2.86 bits per heavy atom. The fourth-order valence-electron chi connectivity index (χ4n) is 3.48. The molecule has 1 aliphatic rings. The highest BCUT2D eigenvalue weighted by atomic mass is 16.5. The molecule has 7 heteroatoms. The first-order valence-corrected chi connectivity index (χ1v) is 9.34. The van der Waals surface area contributed by atoms with Gasteiger partial charge in [-0.05, 0) is 31.2 Å². The Labute approximate surface area is 162 Å². The molecule has 144 valence electrons. The number of aromatic nitrogens is 2. The van der Waals surface area contributed by atoms with Gasteiger partial charge in [-0.15, -0.1) is 0 Å². The predicted molar refractivity (Wildman–Crippen MR) is 106 cm³/mol. The van der Waals surface area contributed by atoms with Crippen molar-refractivity contribution in [3.05, 3.63) is 54.4 Å². The van der Waals surface area contributed by atoms with Gasteiger partial charge in [-0.3, -0.25) is 14.5 Å². The van der Waals surface area contributed by atoms with E-state index in [1.807, 2.05) is 49.4 Å². The summed E-state index contributed by atoms with van der Waals surface area (Å²) in [5.74, 6) is 1.22. The summed E-state index contributed by atoms with van der Waals surface area (Å²) < 4.78 is 7.69. The van der Waals surface area contributed by atoms with E-state index in [0.29, 0.717) is 31.1 Å². The third-order valence-corrected chi connectivity index (χ3v) is 4.84. The fourth-order valence-corrected chi connectivity index (χ4v) is 3.48. The first-order valence-electron chi connectivity index (χ1n) is 9.34. The van der Waals surface area contributed by atoms with Gasteiger partial charge in [-0.1, -0.05) is 24.3 Å². The van der Waals surface area contributed by atoms with Crippen molar-refractivity contribution in [2.75, 3.05) is 24.6 Å². The van der Waals surface area contributed by atoms with Gasteiger partial charge in [0.2, 0.25) is 11.8 Å². The Bertz CT molecular complexity index is 1030. The summed E-state index contributed by atoms with van der Waals surface area (Å²) in [5.41, 5.74) is 2.62. The van der Waals surface area contributed by atoms with Crippen LogP contribution in [0.4, 0.5) is 5.69 Å². The van der Waals surface area contributed by atoms with Crippen molar-refractivity contribution in [3.63, 3.8) is 0 Å². The van der Waals surface area contributed by atoms with Gasteiger partial charge in [-0.25, -0.2) is 4.98 Å². The van der Waals surface area contributed by atoms with E-state index in [-0.39, 0.29) is 24.8 Å². The van der Waals surface area contributed by atoms with Gasteiger partial charge in [0.05, 0.1) is 29.7 Å². The molecule has 0 unspecified atom stereocenters. The Hall–Kier alpha value is -3.35. The second-order valence-electron chi connectivity index (χ2n) is 6.70. The molecule has 2 amide bonds. The monoisotopic (exact) mass is 378 g/mol. The van der Waals surface area contributed by atoms with E-state index in [1.165, 1.54) is 4.90 Å². The lowest BCUT2D eigenvalue weighted by Gasteiger charge is -2.21. The number of hydrogen-bond acceptors (Lipinski definition) is 4. The zero-order valence-corrected chi connectivity index (χ0v) is 15.7. The van der Waals surface area contributed by atoms with Crippen LogP contribution in [0.1, 0.15) is 12.2 Å². The van der Waals surface area contributed by atoms with Gasteiger partial charge in [0.15, 0.2) is 0 Å². The Kier molecular flexibility index (Phi) is 4.97. The SMILES string of the molecule is Cc1nc2ccccc2n1CCNC(=O)CN1C(=O)CCOc2ccccc21. The smallest absolute Gasteiger partial charge is 0.240 e. The van der Waals surface area contributed by atoms with Gasteiger partial charge < -0.3 is 14.6 Å². The van der Waals surface area contributed by atoms with Crippen molar-refractivity contribution in [1.29, 1.82) is 0 Å². The number of nitrogens with zero attached hydrogens (tertiary/aromatic N) is 3. The van der Waals surface area contributed by atoms with Gasteiger partial charge >= 0.3 is 0 Å². The molecule has 0 fully saturated rings. The second-order valence-corrected chi connectivity index (χ2v) is 6.70. The maximum Gasteiger partial charge on any atom is 0.240 e. The Morgan fingerprint density at radius 2 is 1.96 bits per heavy atom. The van der Waals surface area contributed by atoms with Crippen LogP contribution in [0.25, 0.3) is 11.0 Å². The molecular formula is C21H22N4O3. The number of amides is 2. The lowest BCUT2D eigenvalue weighted by atomic mass is 10.2. The van der Waals surface area contributed by atoms with Crippen LogP contribution in [0, 0.1) is 6.92 Å². The molecule has 0 radical (unpaired) electrons. The number of carbonyl (C=O) groups is 2. The number of hydrogen-bond donors (Lipinski definition) is 1. The summed E-state index contributed by atoms with van der Waals surface area (Å²) in [6.07, 6.45) is 0.252. The van der Waals surface area contributed by atoms with Crippen LogP contribution >= 0.6 is 0 Å². The molecule has 0 spiro atoms. The van der Waals surface area contributed by atoms with E-state index in [0.717, 1.165) is 16.9 Å². The van der Waals surface area contributed by atoms with Crippen LogP contribution < -0.4 is 15.0 Å². The summed E-state index contributed by atoms with van der Waals surface area (Å²) >= 11 is 0. The third kappa shape index (κ3) is 3.55. The molecule has 3 aromatic rings. The molecule has 28 heavy (non-hydrogen) atoms. The number of ether oxygens (including phenoxy) is 1. The van der Waals surface area contributed by atoms with Crippen LogP contribution in [0.15, 0.2) is 48.5 Å². The zero-order chi connectivity index (χ0) is 19.5. The largest absolute Gasteiger partial charge is 0.491 e. The standard InChI is InChI=1S/C21H22N4O3/c1-15-23-16-6-2-3-7-17(16)24(15)12-11-22-20(26)14-25-18-8-4-5-9-19(18)28-13-10-21(25)27/h2-9H,10-14H2,1H3,(H,22,26). The molecule has 7 nitrogen and oxygen atoms in total. The van der Waals surface area contributed by atoms with Crippen LogP contribution in [0.2, 0.25) is 0 Å². The zero-order valence-electron chi connectivity index (χ0n) is 15.7. The number of fused-ring (bicyclic) bond motifs is 2. The lowest BCUT2D eigenvalue weighted by molar-refractivity contribution is -0.123. The van der Waals surface area contributed by atoms with Gasteiger partial charge in [0.1, 0.15) is 18.1 Å². The number of para-hydroxylation sites is 4. The average Bonchev–Trinajstić information content (AvgIpc) is 2.93. The highest BCUT2D eigenvalue weighted by Crippen LogP contribution is 2.30. The van der Waals surface area contributed by atoms with Crippen LogP contribution in [0.3, 0.4) is 0 Å². The first kappa shape index (κ1) is 18.0. The molecule has 0 saturated carbocycles. The topological polar surface area (TPSA) is 76.5 Å². The van der Waals surface area contributed by atoms with Gasteiger partial charge in [0, 0.05) is 13.1 Å². The maximum absolute atomic E-state index is 12.5. The minimum atomic E-state index is -0.202. The molecule has 2 aromatic carbocycles. The molecule has 2 heterocycles. The number of anilines is 1. The number of carbonyl (C=O) groups excluding carboxylic acids is 2. The van der Waals surface area contributed by atoms with Crippen LogP contribution in [-0.4, -0.2) is 41.1 Å². The minimum Gasteiger partial charge on any atom is -0.491 e. The molecule has 1 N–H and O–H groups in total. The highest BCUT2D eigenvalue weighted by molar-refractivity contribution is 6.00. The summed E-state index contributed by atoms with van der Waals surface area (Å²) in [6.45, 7) is 3.32. The van der Waals surface area contributed by atoms with Crippen molar-refractivity contribution in [2.24, 2.45) is 0 Å². The number of nitrogens with one attached hydrogen (secondary N) is 1. The van der Waals surface area contributed by atoms with Gasteiger partial charge in [-0.2, -0.15) is 0 Å². The average molecular weight is 378 g/mol. The quantitative estimate of drug-likeness (QED) is 0.739.